The highest BCUT2D eigenvalue weighted by atomic mass is 32.2. The fourth-order valence-corrected chi connectivity index (χ4v) is 9.35. The van der Waals surface area contributed by atoms with Gasteiger partial charge in [-0.2, -0.15) is 11.8 Å². The second-order valence-electron chi connectivity index (χ2n) is 10.5. The van der Waals surface area contributed by atoms with Crippen LogP contribution in [-0.2, 0) is 21.4 Å². The normalized spacial score (nSPS) is 28.3. The highest BCUT2D eigenvalue weighted by molar-refractivity contribution is 8.17. The molecule has 4 atom stereocenters. The monoisotopic (exact) mass is 524 g/mol. The predicted molar refractivity (Wildman–Crippen MR) is 147 cm³/mol. The molecule has 4 aliphatic rings. The number of nitrogens with zero attached hydrogens (tertiary/aromatic N) is 1. The number of nitrogens with two attached hydrogens (primary N) is 1. The molecule has 0 radical (unpaired) electrons. The van der Waals surface area contributed by atoms with Crippen molar-refractivity contribution >= 4 is 42.0 Å². The van der Waals surface area contributed by atoms with E-state index in [1.54, 1.807) is 0 Å². The van der Waals surface area contributed by atoms with Crippen molar-refractivity contribution in [2.75, 3.05) is 26.0 Å². The van der Waals surface area contributed by atoms with Crippen LogP contribution in [0.25, 0.3) is 0 Å². The van der Waals surface area contributed by atoms with Gasteiger partial charge in [-0.05, 0) is 60.7 Å². The first-order valence-corrected chi connectivity index (χ1v) is 15.1. The van der Waals surface area contributed by atoms with Crippen molar-refractivity contribution in [1.29, 1.82) is 0 Å². The first-order chi connectivity index (χ1) is 17.4. The molecule has 9 heteroatoms. The van der Waals surface area contributed by atoms with Crippen LogP contribution in [0, 0.1) is 0 Å². The number of fused-ring (bicyclic) bond motifs is 3. The summed E-state index contributed by atoms with van der Waals surface area (Å²) in [6.45, 7) is 4.75. The van der Waals surface area contributed by atoms with Gasteiger partial charge in [0.05, 0.1) is 22.5 Å². The molecule has 6 rings (SSSR count). The zero-order valence-corrected chi connectivity index (χ0v) is 22.4. The van der Waals surface area contributed by atoms with Crippen LogP contribution in [0.5, 0.6) is 5.75 Å². The van der Waals surface area contributed by atoms with Crippen LogP contribution in [0.2, 0.25) is 0 Å². The molecule has 6 nitrogen and oxygen atoms in total. The second-order valence-corrected chi connectivity index (χ2v) is 13.1. The Hall–Kier alpha value is -1.65. The van der Waals surface area contributed by atoms with E-state index in [4.69, 9.17) is 15.1 Å². The van der Waals surface area contributed by atoms with Crippen molar-refractivity contribution in [2.45, 2.75) is 60.0 Å². The Morgan fingerprint density at radius 2 is 2.11 bits per heavy atom. The zero-order chi connectivity index (χ0) is 25.0. The topological polar surface area (TPSA) is 85.0 Å². The summed E-state index contributed by atoms with van der Waals surface area (Å²) in [5, 5.41) is 10.3. The number of hydrogen-bond donors (Lipinski definition) is 2. The van der Waals surface area contributed by atoms with E-state index in [-0.39, 0.29) is 28.6 Å². The van der Waals surface area contributed by atoms with Gasteiger partial charge in [0, 0.05) is 36.5 Å². The number of rotatable bonds is 4. The summed E-state index contributed by atoms with van der Waals surface area (Å²) in [7, 11) is -0.861. The van der Waals surface area contributed by atoms with Crippen LogP contribution >= 0.6 is 23.5 Å². The minimum atomic E-state index is -0.861. The van der Waals surface area contributed by atoms with Crippen molar-refractivity contribution < 1.29 is 19.2 Å². The van der Waals surface area contributed by atoms with E-state index in [1.165, 1.54) is 11.1 Å². The predicted octanol–water partition coefficient (Wildman–Crippen LogP) is 3.16. The molecule has 4 unspecified atom stereocenters. The third kappa shape index (κ3) is 3.98. The molecule has 4 heterocycles. The van der Waals surface area contributed by atoms with Gasteiger partial charge in [-0.1, -0.05) is 30.3 Å². The van der Waals surface area contributed by atoms with Gasteiger partial charge in [0.15, 0.2) is 0 Å². The summed E-state index contributed by atoms with van der Waals surface area (Å²) in [5.74, 6) is 1.50. The van der Waals surface area contributed by atoms with Gasteiger partial charge < -0.3 is 25.0 Å². The van der Waals surface area contributed by atoms with Crippen LogP contribution < -0.4 is 15.9 Å². The smallest absolute Gasteiger partial charge is 0.491 e. The van der Waals surface area contributed by atoms with Gasteiger partial charge in [0.2, 0.25) is 5.91 Å². The van der Waals surface area contributed by atoms with E-state index in [0.717, 1.165) is 54.7 Å². The molecule has 0 aromatic heterocycles. The number of carbonyl (C=O) groups excluding carboxylic acids is 1. The Balaban J connectivity index is 1.17. The zero-order valence-electron chi connectivity index (χ0n) is 20.8. The molecule has 0 saturated carbocycles. The average molecular weight is 525 g/mol. The average Bonchev–Trinajstić information content (AvgIpc) is 3.58. The van der Waals surface area contributed by atoms with E-state index >= 15 is 0 Å². The van der Waals surface area contributed by atoms with Crippen molar-refractivity contribution in [3.05, 3.63) is 58.7 Å². The number of amides is 1. The summed E-state index contributed by atoms with van der Waals surface area (Å²) < 4.78 is 12.1. The third-order valence-electron chi connectivity index (χ3n) is 8.57. The number of carbonyl (C=O) groups is 1. The molecule has 0 bridgehead atoms. The lowest BCUT2D eigenvalue weighted by molar-refractivity contribution is -0.132. The number of piperidine rings is 1. The molecule has 2 fully saturated rings. The van der Waals surface area contributed by atoms with Gasteiger partial charge in [-0.25, -0.2) is 0 Å². The lowest BCUT2D eigenvalue weighted by Gasteiger charge is -2.39. The summed E-state index contributed by atoms with van der Waals surface area (Å²) in [5.41, 5.74) is 11.5. The largest absolute Gasteiger partial charge is 0.492 e. The van der Waals surface area contributed by atoms with Gasteiger partial charge >= 0.3 is 7.12 Å². The first-order valence-electron chi connectivity index (χ1n) is 12.8. The molecular formula is C27H33BN2O4S2. The number of ether oxygens (including phenoxy) is 1. The van der Waals surface area contributed by atoms with Crippen LogP contribution in [0.15, 0.2) is 36.4 Å². The maximum Gasteiger partial charge on any atom is 0.491 e. The van der Waals surface area contributed by atoms with Crippen LogP contribution in [-0.4, -0.2) is 58.7 Å². The lowest BCUT2D eigenvalue weighted by Crippen LogP contribution is -2.48. The highest BCUT2D eigenvalue weighted by Gasteiger charge is 2.47. The molecule has 1 amide bonds. The maximum atomic E-state index is 13.7. The summed E-state index contributed by atoms with van der Waals surface area (Å²) in [4.78, 5) is 15.8. The third-order valence-corrected chi connectivity index (χ3v) is 11.6. The van der Waals surface area contributed by atoms with Gasteiger partial charge in [-0.15, -0.1) is 11.8 Å². The molecule has 2 saturated heterocycles. The number of likely N-dealkylation sites (tertiary alicyclic amines) is 1. The molecular weight excluding hydrogens is 491 g/mol. The Morgan fingerprint density at radius 3 is 2.86 bits per heavy atom. The maximum absolute atomic E-state index is 13.7. The molecule has 4 aliphatic heterocycles. The molecule has 0 aliphatic carbocycles. The second kappa shape index (κ2) is 9.59. The molecule has 190 valence electrons. The number of benzene rings is 2. The minimum Gasteiger partial charge on any atom is -0.492 e. The Kier molecular flexibility index (Phi) is 6.57. The van der Waals surface area contributed by atoms with E-state index in [9.17, 15) is 9.82 Å². The van der Waals surface area contributed by atoms with E-state index in [0.29, 0.717) is 17.7 Å². The molecule has 3 N–H and O–H groups in total. The Labute approximate surface area is 221 Å². The van der Waals surface area contributed by atoms with E-state index < -0.39 is 7.12 Å². The lowest BCUT2D eigenvalue weighted by atomic mass is 9.74. The van der Waals surface area contributed by atoms with E-state index in [2.05, 4.69) is 23.3 Å². The summed E-state index contributed by atoms with van der Waals surface area (Å²) in [6.07, 6.45) is 4.66. The van der Waals surface area contributed by atoms with Crippen LogP contribution in [0.1, 0.15) is 60.5 Å². The summed E-state index contributed by atoms with van der Waals surface area (Å²) >= 11 is 3.63. The van der Waals surface area contributed by atoms with Crippen LogP contribution in [0.3, 0.4) is 0 Å². The Morgan fingerprint density at radius 1 is 1.31 bits per heavy atom. The van der Waals surface area contributed by atoms with Gasteiger partial charge in [-0.3, -0.25) is 4.79 Å². The minimum absolute atomic E-state index is 0.00792. The quantitative estimate of drug-likeness (QED) is 0.595. The molecule has 1 spiro atoms. The fourth-order valence-electron chi connectivity index (χ4n) is 6.56. The van der Waals surface area contributed by atoms with Crippen LogP contribution in [0.4, 0.5) is 0 Å². The number of thioether (sulfide) groups is 2. The SMILES string of the molecule is CSC1SC(C(=O)N2CCC3(CC2)COc2ccc(CN)cc23)CC1c1cccc2c1C(C)OB2O. The van der Waals surface area contributed by atoms with Crippen molar-refractivity contribution in [2.24, 2.45) is 5.73 Å². The fraction of sp³-hybridized carbons (Fsp3) is 0.519. The van der Waals surface area contributed by atoms with Gasteiger partial charge in [0.25, 0.3) is 0 Å². The van der Waals surface area contributed by atoms with Crippen molar-refractivity contribution in [3.63, 3.8) is 0 Å². The molecule has 2 aromatic carbocycles. The first kappa shape index (κ1) is 24.7. The Bertz CT molecular complexity index is 1170. The summed E-state index contributed by atoms with van der Waals surface area (Å²) in [6, 6.07) is 12.4. The highest BCUT2D eigenvalue weighted by Crippen LogP contribution is 2.52. The standard InChI is InChI=1S/C27H33BN2O4S2/c1-16-24-18(4-3-5-21(24)28(32)34-16)19-13-23(36-26(19)35-2)25(31)30-10-8-27(9-11-30)15-33-22-7-6-17(14-29)12-20(22)27/h3-7,12,16,19,23,26,32H,8-11,13-15,29H2,1-2H3. The van der Waals surface area contributed by atoms with Crippen molar-refractivity contribution in [1.82, 2.24) is 4.90 Å². The van der Waals surface area contributed by atoms with E-state index in [1.807, 2.05) is 54.7 Å². The number of hydrogen-bond acceptors (Lipinski definition) is 7. The molecule has 36 heavy (non-hydrogen) atoms. The molecule has 2 aromatic rings. The van der Waals surface area contributed by atoms with Gasteiger partial charge in [0.1, 0.15) is 5.75 Å². The van der Waals surface area contributed by atoms with Crippen molar-refractivity contribution in [3.8, 4) is 5.75 Å².